The first-order valence-electron chi connectivity index (χ1n) is 4.77. The van der Waals surface area contributed by atoms with Crippen LogP contribution < -0.4 is 5.32 Å². The first-order valence-corrected chi connectivity index (χ1v) is 5.14. The minimum absolute atomic E-state index is 0.0386. The van der Waals surface area contributed by atoms with Crippen molar-refractivity contribution in [3.8, 4) is 0 Å². The van der Waals surface area contributed by atoms with Gasteiger partial charge in [0.05, 0.1) is 11.5 Å². The van der Waals surface area contributed by atoms with E-state index in [0.29, 0.717) is 0 Å². The molecule has 0 bridgehead atoms. The molecule has 0 spiro atoms. The highest BCUT2D eigenvalue weighted by atomic mass is 35.5. The number of rotatable bonds is 7. The molecule has 0 aromatic carbocycles. The van der Waals surface area contributed by atoms with E-state index in [1.807, 2.05) is 0 Å². The molecule has 0 unspecified atom stereocenters. The van der Waals surface area contributed by atoms with Crippen molar-refractivity contribution in [3.63, 3.8) is 0 Å². The van der Waals surface area contributed by atoms with E-state index in [-0.39, 0.29) is 24.1 Å². The van der Waals surface area contributed by atoms with Crippen LogP contribution in [0.5, 0.6) is 0 Å². The van der Waals surface area contributed by atoms with Gasteiger partial charge in [0.2, 0.25) is 11.0 Å². The molecule has 0 saturated heterocycles. The summed E-state index contributed by atoms with van der Waals surface area (Å²) in [5.41, 5.74) is -0.465. The van der Waals surface area contributed by atoms with E-state index >= 15 is 0 Å². The Kier molecular flexibility index (Phi) is 5.59. The maximum absolute atomic E-state index is 11.7. The second kappa shape index (κ2) is 6.97. The van der Waals surface area contributed by atoms with Crippen LogP contribution >= 0.6 is 11.6 Å². The standard InChI is InChI=1S/C8H9ClF2N4O3/c9-7-6(15(16)17)8(14-4-13-7)12-1-2-18-3-5(10)11/h4-5H,1-3H2,(H,12,13,14). The zero-order valence-electron chi connectivity index (χ0n) is 8.98. The molecule has 7 nitrogen and oxygen atoms in total. The highest BCUT2D eigenvalue weighted by Crippen LogP contribution is 2.27. The van der Waals surface area contributed by atoms with Gasteiger partial charge in [-0.1, -0.05) is 11.6 Å². The lowest BCUT2D eigenvalue weighted by atomic mass is 10.4. The summed E-state index contributed by atoms with van der Waals surface area (Å²) < 4.78 is 28.1. The summed E-state index contributed by atoms with van der Waals surface area (Å²) in [7, 11) is 0. The third-order valence-electron chi connectivity index (χ3n) is 1.74. The van der Waals surface area contributed by atoms with E-state index in [0.717, 1.165) is 6.33 Å². The fourth-order valence-corrected chi connectivity index (χ4v) is 1.26. The van der Waals surface area contributed by atoms with Gasteiger partial charge in [-0.3, -0.25) is 10.1 Å². The maximum atomic E-state index is 11.7. The normalized spacial score (nSPS) is 10.7. The molecule has 1 rings (SSSR count). The van der Waals surface area contributed by atoms with Crippen molar-refractivity contribution in [2.75, 3.05) is 25.1 Å². The monoisotopic (exact) mass is 282 g/mol. The number of hydrogen-bond donors (Lipinski definition) is 1. The second-order valence-corrected chi connectivity index (χ2v) is 3.37. The van der Waals surface area contributed by atoms with E-state index in [1.54, 1.807) is 0 Å². The lowest BCUT2D eigenvalue weighted by Gasteiger charge is -2.06. The molecule has 1 aromatic rings. The summed E-state index contributed by atoms with van der Waals surface area (Å²) in [6, 6.07) is 0. The molecule has 0 amide bonds. The number of ether oxygens (including phenoxy) is 1. The molecule has 0 aliphatic carbocycles. The minimum atomic E-state index is -2.55. The van der Waals surface area contributed by atoms with E-state index in [1.165, 1.54) is 0 Å². The molecule has 1 aromatic heterocycles. The number of anilines is 1. The van der Waals surface area contributed by atoms with Gasteiger partial charge in [0.15, 0.2) is 0 Å². The van der Waals surface area contributed by atoms with Crippen molar-refractivity contribution in [1.82, 2.24) is 9.97 Å². The highest BCUT2D eigenvalue weighted by Gasteiger charge is 2.20. The van der Waals surface area contributed by atoms with Crippen LogP contribution in [0.25, 0.3) is 0 Å². The predicted molar refractivity (Wildman–Crippen MR) is 59.0 cm³/mol. The molecule has 0 atom stereocenters. The SMILES string of the molecule is O=[N+]([O-])c1c(Cl)ncnc1NCCOCC(F)F. The van der Waals surface area contributed by atoms with Gasteiger partial charge in [-0.05, 0) is 0 Å². The van der Waals surface area contributed by atoms with Gasteiger partial charge in [0, 0.05) is 6.54 Å². The van der Waals surface area contributed by atoms with Gasteiger partial charge in [-0.15, -0.1) is 0 Å². The van der Waals surface area contributed by atoms with E-state index in [9.17, 15) is 18.9 Å². The van der Waals surface area contributed by atoms with Crippen LogP contribution in [0.15, 0.2) is 6.33 Å². The lowest BCUT2D eigenvalue weighted by Crippen LogP contribution is -2.14. The van der Waals surface area contributed by atoms with Gasteiger partial charge < -0.3 is 10.1 Å². The summed E-state index contributed by atoms with van der Waals surface area (Å²) >= 11 is 5.54. The van der Waals surface area contributed by atoms with Crippen molar-refractivity contribution < 1.29 is 18.4 Å². The molecule has 10 heteroatoms. The lowest BCUT2D eigenvalue weighted by molar-refractivity contribution is -0.384. The smallest absolute Gasteiger partial charge is 0.348 e. The minimum Gasteiger partial charge on any atom is -0.374 e. The third-order valence-corrected chi connectivity index (χ3v) is 2.02. The zero-order chi connectivity index (χ0) is 13.5. The van der Waals surface area contributed by atoms with Crippen LogP contribution in [0, 0.1) is 10.1 Å². The highest BCUT2D eigenvalue weighted by molar-refractivity contribution is 6.31. The van der Waals surface area contributed by atoms with Crippen LogP contribution in [0.4, 0.5) is 20.3 Å². The summed E-state index contributed by atoms with van der Waals surface area (Å²) in [5.74, 6) is -0.0827. The Balaban J connectivity index is 2.52. The first-order chi connectivity index (χ1) is 8.52. The molecule has 18 heavy (non-hydrogen) atoms. The number of aromatic nitrogens is 2. The Morgan fingerprint density at radius 1 is 1.56 bits per heavy atom. The van der Waals surface area contributed by atoms with Gasteiger partial charge in [-0.25, -0.2) is 18.7 Å². The average Bonchev–Trinajstić information content (AvgIpc) is 2.27. The number of hydrogen-bond acceptors (Lipinski definition) is 6. The third kappa shape index (κ3) is 4.34. The van der Waals surface area contributed by atoms with Crippen LogP contribution in [0.1, 0.15) is 0 Å². The van der Waals surface area contributed by atoms with Crippen molar-refractivity contribution in [1.29, 1.82) is 0 Å². The number of nitrogens with zero attached hydrogens (tertiary/aromatic N) is 3. The Morgan fingerprint density at radius 3 is 2.89 bits per heavy atom. The number of halogens is 3. The zero-order valence-corrected chi connectivity index (χ0v) is 9.73. The van der Waals surface area contributed by atoms with Crippen LogP contribution in [0.2, 0.25) is 5.15 Å². The summed E-state index contributed by atoms with van der Waals surface area (Å²) in [6.07, 6.45) is -1.50. The molecular formula is C8H9ClF2N4O3. The van der Waals surface area contributed by atoms with E-state index in [2.05, 4.69) is 20.0 Å². The molecular weight excluding hydrogens is 274 g/mol. The molecule has 1 N–H and O–H groups in total. The van der Waals surface area contributed by atoms with Crippen molar-refractivity contribution in [3.05, 3.63) is 21.6 Å². The Hall–Kier alpha value is -1.61. The van der Waals surface area contributed by atoms with Crippen LogP contribution in [0.3, 0.4) is 0 Å². The number of alkyl halides is 2. The molecule has 1 heterocycles. The fourth-order valence-electron chi connectivity index (χ4n) is 1.06. The molecule has 0 radical (unpaired) electrons. The molecule has 0 aliphatic rings. The van der Waals surface area contributed by atoms with Gasteiger partial charge >= 0.3 is 5.69 Å². The predicted octanol–water partition coefficient (Wildman–Crippen LogP) is 1.73. The van der Waals surface area contributed by atoms with E-state index < -0.39 is 23.6 Å². The van der Waals surface area contributed by atoms with Crippen molar-refractivity contribution in [2.24, 2.45) is 0 Å². The molecule has 0 aliphatic heterocycles. The van der Waals surface area contributed by atoms with Gasteiger partial charge in [0.25, 0.3) is 6.43 Å². The Bertz CT molecular complexity index is 421. The Labute approximate surface area is 105 Å². The second-order valence-electron chi connectivity index (χ2n) is 3.01. The Morgan fingerprint density at radius 2 is 2.28 bits per heavy atom. The number of nitrogens with one attached hydrogen (secondary N) is 1. The van der Waals surface area contributed by atoms with Crippen LogP contribution in [-0.2, 0) is 4.74 Å². The number of nitro groups is 1. The van der Waals surface area contributed by atoms with Gasteiger partial charge in [0.1, 0.15) is 12.9 Å². The summed E-state index contributed by atoms with van der Waals surface area (Å²) in [5, 5.41) is 13.0. The largest absolute Gasteiger partial charge is 0.374 e. The molecule has 0 saturated carbocycles. The molecule has 0 fully saturated rings. The van der Waals surface area contributed by atoms with Gasteiger partial charge in [-0.2, -0.15) is 0 Å². The average molecular weight is 283 g/mol. The van der Waals surface area contributed by atoms with Crippen LogP contribution in [-0.4, -0.2) is 41.1 Å². The topological polar surface area (TPSA) is 90.2 Å². The quantitative estimate of drug-likeness (QED) is 0.354. The summed E-state index contributed by atoms with van der Waals surface area (Å²) in [4.78, 5) is 17.1. The first kappa shape index (κ1) is 14.5. The fraction of sp³-hybridized carbons (Fsp3) is 0.500. The van der Waals surface area contributed by atoms with E-state index in [4.69, 9.17) is 11.6 Å². The molecule has 100 valence electrons. The summed E-state index contributed by atoms with van der Waals surface area (Å²) in [6.45, 7) is -0.641. The van der Waals surface area contributed by atoms with Crippen molar-refractivity contribution >= 4 is 23.1 Å². The maximum Gasteiger partial charge on any atom is 0.348 e. The van der Waals surface area contributed by atoms with Crippen molar-refractivity contribution in [2.45, 2.75) is 6.43 Å².